The molecule has 3 rings (SSSR count). The predicted molar refractivity (Wildman–Crippen MR) is 77.4 cm³/mol. The number of carbonyl (C=O) groups is 1. The Morgan fingerprint density at radius 2 is 2.18 bits per heavy atom. The van der Waals surface area contributed by atoms with E-state index in [4.69, 9.17) is 9.15 Å². The van der Waals surface area contributed by atoms with Crippen molar-refractivity contribution >= 4 is 11.7 Å². The molecular formula is C14H17N5O3. The molecule has 22 heavy (non-hydrogen) atoms. The first kappa shape index (κ1) is 14.5. The zero-order chi connectivity index (χ0) is 15.5. The number of carbonyl (C=O) groups excluding carboxylic acids is 1. The van der Waals surface area contributed by atoms with Gasteiger partial charge in [-0.2, -0.15) is 0 Å². The van der Waals surface area contributed by atoms with Crippen LogP contribution >= 0.6 is 0 Å². The first-order valence-corrected chi connectivity index (χ1v) is 7.00. The number of aromatic nitrogens is 3. The zero-order valence-corrected chi connectivity index (χ0v) is 12.4. The van der Waals surface area contributed by atoms with E-state index in [0.29, 0.717) is 36.9 Å². The maximum absolute atomic E-state index is 12.5. The number of amides is 1. The first-order valence-electron chi connectivity index (χ1n) is 7.00. The summed E-state index contributed by atoms with van der Waals surface area (Å²) in [6, 6.07) is 0. The van der Waals surface area contributed by atoms with Gasteiger partial charge < -0.3 is 19.4 Å². The van der Waals surface area contributed by atoms with Crippen LogP contribution in [-0.4, -0.2) is 52.5 Å². The van der Waals surface area contributed by atoms with E-state index in [1.54, 1.807) is 31.3 Å². The molecule has 2 aromatic heterocycles. The molecule has 0 saturated carbocycles. The Bertz CT molecular complexity index is 672. The minimum Gasteiger partial charge on any atom is -0.438 e. The summed E-state index contributed by atoms with van der Waals surface area (Å²) in [5.74, 6) is 0.740. The van der Waals surface area contributed by atoms with Gasteiger partial charge in [0.15, 0.2) is 6.39 Å². The highest BCUT2D eigenvalue weighted by Crippen LogP contribution is 2.26. The topological polar surface area (TPSA) is 93.4 Å². The van der Waals surface area contributed by atoms with Gasteiger partial charge in [0.1, 0.15) is 17.6 Å². The first-order chi connectivity index (χ1) is 10.7. The second-order valence-electron chi connectivity index (χ2n) is 4.92. The summed E-state index contributed by atoms with van der Waals surface area (Å²) < 4.78 is 10.9. The van der Waals surface area contributed by atoms with Crippen molar-refractivity contribution in [3.05, 3.63) is 35.9 Å². The summed E-state index contributed by atoms with van der Waals surface area (Å²) >= 11 is 0. The molecule has 1 N–H and O–H groups in total. The molecule has 116 valence electrons. The molecule has 1 amide bonds. The molecule has 0 aromatic carbocycles. The van der Waals surface area contributed by atoms with Crippen LogP contribution in [0.1, 0.15) is 28.0 Å². The van der Waals surface area contributed by atoms with Crippen LogP contribution < -0.4 is 5.32 Å². The van der Waals surface area contributed by atoms with Crippen LogP contribution in [0.3, 0.4) is 0 Å². The lowest BCUT2D eigenvalue weighted by Gasteiger charge is -2.32. The van der Waals surface area contributed by atoms with Crippen molar-refractivity contribution in [1.29, 1.82) is 0 Å². The van der Waals surface area contributed by atoms with E-state index in [0.717, 1.165) is 0 Å². The van der Waals surface area contributed by atoms with E-state index in [9.17, 15) is 4.79 Å². The number of morpholine rings is 1. The third-order valence-corrected chi connectivity index (χ3v) is 3.56. The number of hydrogen-bond donors (Lipinski definition) is 1. The Kier molecular flexibility index (Phi) is 4.01. The monoisotopic (exact) mass is 303 g/mol. The smallest absolute Gasteiger partial charge is 0.291 e. The zero-order valence-electron chi connectivity index (χ0n) is 12.4. The number of nitrogens with one attached hydrogen (secondary N) is 1. The van der Waals surface area contributed by atoms with Gasteiger partial charge in [-0.05, 0) is 6.92 Å². The minimum atomic E-state index is -0.322. The highest BCUT2D eigenvalue weighted by molar-refractivity contribution is 5.92. The molecule has 1 atom stereocenters. The second-order valence-corrected chi connectivity index (χ2v) is 4.92. The molecule has 0 radical (unpaired) electrons. The average Bonchev–Trinajstić information content (AvgIpc) is 3.00. The third-order valence-electron chi connectivity index (χ3n) is 3.56. The Morgan fingerprint density at radius 3 is 2.91 bits per heavy atom. The number of hydrogen-bond acceptors (Lipinski definition) is 7. The number of ether oxygens (including phenoxy) is 1. The Morgan fingerprint density at radius 1 is 1.36 bits per heavy atom. The molecule has 1 fully saturated rings. The van der Waals surface area contributed by atoms with Crippen LogP contribution in [-0.2, 0) is 4.74 Å². The van der Waals surface area contributed by atoms with Crippen LogP contribution in [0.5, 0.6) is 0 Å². The van der Waals surface area contributed by atoms with E-state index in [1.807, 2.05) is 0 Å². The van der Waals surface area contributed by atoms with Crippen LogP contribution in [0.25, 0.3) is 0 Å². The summed E-state index contributed by atoms with van der Waals surface area (Å²) in [5.41, 5.74) is 1.28. The van der Waals surface area contributed by atoms with Crippen LogP contribution in [0, 0.1) is 6.92 Å². The summed E-state index contributed by atoms with van der Waals surface area (Å²) in [4.78, 5) is 26.7. The van der Waals surface area contributed by atoms with Crippen LogP contribution in [0.4, 0.5) is 5.82 Å². The Balaban J connectivity index is 1.80. The minimum absolute atomic E-state index is 0.182. The highest BCUT2D eigenvalue weighted by atomic mass is 16.5. The Hall–Kier alpha value is -2.48. The van der Waals surface area contributed by atoms with Gasteiger partial charge in [0.2, 0.25) is 5.76 Å². The molecule has 0 bridgehead atoms. The number of aryl methyl sites for hydroxylation is 1. The van der Waals surface area contributed by atoms with Crippen molar-refractivity contribution < 1.29 is 13.9 Å². The van der Waals surface area contributed by atoms with Gasteiger partial charge in [-0.3, -0.25) is 9.78 Å². The van der Waals surface area contributed by atoms with Crippen molar-refractivity contribution in [2.45, 2.75) is 13.0 Å². The molecule has 1 aliphatic heterocycles. The molecular weight excluding hydrogens is 286 g/mol. The van der Waals surface area contributed by atoms with Gasteiger partial charge in [-0.1, -0.05) is 0 Å². The fourth-order valence-electron chi connectivity index (χ4n) is 2.43. The molecule has 1 aliphatic rings. The van der Waals surface area contributed by atoms with Gasteiger partial charge in [-0.25, -0.2) is 9.97 Å². The van der Waals surface area contributed by atoms with E-state index < -0.39 is 0 Å². The lowest BCUT2D eigenvalue weighted by atomic mass is 10.2. The quantitative estimate of drug-likeness (QED) is 0.905. The van der Waals surface area contributed by atoms with Crippen LogP contribution in [0.15, 0.2) is 23.2 Å². The van der Waals surface area contributed by atoms with Crippen LogP contribution in [0.2, 0.25) is 0 Å². The molecule has 1 saturated heterocycles. The lowest BCUT2D eigenvalue weighted by Crippen LogP contribution is -2.42. The SMILES string of the molecule is CNc1nccnc1C1CN(C(=O)c2ocnc2C)CCO1. The maximum atomic E-state index is 12.5. The molecule has 8 heteroatoms. The van der Waals surface area contributed by atoms with Crippen molar-refractivity contribution in [2.24, 2.45) is 0 Å². The fraction of sp³-hybridized carbons (Fsp3) is 0.429. The largest absolute Gasteiger partial charge is 0.438 e. The average molecular weight is 303 g/mol. The number of rotatable bonds is 3. The van der Waals surface area contributed by atoms with Gasteiger partial charge in [0, 0.05) is 26.0 Å². The molecule has 1 unspecified atom stereocenters. The summed E-state index contributed by atoms with van der Waals surface area (Å²) in [6.07, 6.45) is 4.18. The summed E-state index contributed by atoms with van der Waals surface area (Å²) in [5, 5.41) is 2.99. The Labute approximate surface area is 127 Å². The maximum Gasteiger partial charge on any atom is 0.291 e. The van der Waals surface area contributed by atoms with E-state index >= 15 is 0 Å². The number of nitrogens with zero attached hydrogens (tertiary/aromatic N) is 4. The van der Waals surface area contributed by atoms with E-state index in [2.05, 4.69) is 20.3 Å². The molecule has 3 heterocycles. The van der Waals surface area contributed by atoms with Crippen molar-refractivity contribution in [3.63, 3.8) is 0 Å². The lowest BCUT2D eigenvalue weighted by molar-refractivity contribution is -0.0254. The van der Waals surface area contributed by atoms with Crippen molar-refractivity contribution in [1.82, 2.24) is 19.9 Å². The number of anilines is 1. The standard InChI is InChI=1S/C14H17N5O3/c1-9-12(22-8-18-9)14(20)19-5-6-21-10(7-19)11-13(15-2)17-4-3-16-11/h3-4,8,10H,5-7H2,1-2H3,(H,15,17). The summed E-state index contributed by atoms with van der Waals surface area (Å²) in [7, 11) is 1.77. The van der Waals surface area contributed by atoms with Gasteiger partial charge >= 0.3 is 0 Å². The van der Waals surface area contributed by atoms with Gasteiger partial charge in [0.25, 0.3) is 5.91 Å². The summed E-state index contributed by atoms with van der Waals surface area (Å²) in [6.45, 7) is 3.08. The van der Waals surface area contributed by atoms with Gasteiger partial charge in [-0.15, -0.1) is 0 Å². The van der Waals surface area contributed by atoms with E-state index in [-0.39, 0.29) is 17.8 Å². The highest BCUT2D eigenvalue weighted by Gasteiger charge is 2.30. The molecule has 0 aliphatic carbocycles. The normalized spacial score (nSPS) is 18.3. The third kappa shape index (κ3) is 2.64. The molecule has 0 spiro atoms. The van der Waals surface area contributed by atoms with Crippen molar-refractivity contribution in [3.8, 4) is 0 Å². The second kappa shape index (κ2) is 6.10. The van der Waals surface area contributed by atoms with Gasteiger partial charge in [0.05, 0.1) is 18.8 Å². The predicted octanol–water partition coefficient (Wildman–Crippen LogP) is 1.03. The number of oxazole rings is 1. The van der Waals surface area contributed by atoms with E-state index in [1.165, 1.54) is 6.39 Å². The van der Waals surface area contributed by atoms with Crippen molar-refractivity contribution in [2.75, 3.05) is 32.1 Å². The fourth-order valence-corrected chi connectivity index (χ4v) is 2.43. The molecule has 8 nitrogen and oxygen atoms in total. The molecule has 2 aromatic rings.